The second-order valence-electron chi connectivity index (χ2n) is 6.39. The van der Waals surface area contributed by atoms with Gasteiger partial charge in [-0.25, -0.2) is 0 Å². The van der Waals surface area contributed by atoms with Crippen LogP contribution in [-0.2, 0) is 13.0 Å². The fourth-order valence-electron chi connectivity index (χ4n) is 3.35. The first-order chi connectivity index (χ1) is 10.4. The van der Waals surface area contributed by atoms with Gasteiger partial charge in [-0.1, -0.05) is 30.3 Å². The van der Waals surface area contributed by atoms with Crippen molar-refractivity contribution in [3.05, 3.63) is 65.0 Å². The SMILES string of the molecule is c1cnc2c(c1)CCCC2c1ccc(CNC2CC2)cc1. The van der Waals surface area contributed by atoms with Gasteiger partial charge in [0.05, 0.1) is 5.69 Å². The average molecular weight is 278 g/mol. The molecule has 21 heavy (non-hydrogen) atoms. The lowest BCUT2D eigenvalue weighted by Gasteiger charge is -2.24. The van der Waals surface area contributed by atoms with Gasteiger partial charge in [0.2, 0.25) is 0 Å². The molecule has 2 aliphatic rings. The number of aryl methyl sites for hydroxylation is 1. The van der Waals surface area contributed by atoms with Crippen LogP contribution in [0.5, 0.6) is 0 Å². The van der Waals surface area contributed by atoms with E-state index in [2.05, 4.69) is 46.7 Å². The van der Waals surface area contributed by atoms with E-state index in [1.165, 1.54) is 54.5 Å². The highest BCUT2D eigenvalue weighted by Crippen LogP contribution is 2.35. The molecule has 1 atom stereocenters. The van der Waals surface area contributed by atoms with Crippen molar-refractivity contribution in [2.45, 2.75) is 50.6 Å². The van der Waals surface area contributed by atoms with Gasteiger partial charge in [0.1, 0.15) is 0 Å². The van der Waals surface area contributed by atoms with Gasteiger partial charge < -0.3 is 5.32 Å². The molecule has 0 aliphatic heterocycles. The van der Waals surface area contributed by atoms with E-state index in [1.54, 1.807) is 0 Å². The number of hydrogen-bond acceptors (Lipinski definition) is 2. The van der Waals surface area contributed by atoms with Gasteiger partial charge in [-0.15, -0.1) is 0 Å². The zero-order chi connectivity index (χ0) is 14.1. The molecule has 1 heterocycles. The summed E-state index contributed by atoms with van der Waals surface area (Å²) in [6, 6.07) is 14.2. The second-order valence-corrected chi connectivity index (χ2v) is 6.39. The number of nitrogens with one attached hydrogen (secondary N) is 1. The third-order valence-electron chi connectivity index (χ3n) is 4.75. The maximum Gasteiger partial charge on any atom is 0.0510 e. The predicted octanol–water partition coefficient (Wildman–Crippen LogP) is 3.80. The van der Waals surface area contributed by atoms with Crippen molar-refractivity contribution in [2.24, 2.45) is 0 Å². The maximum atomic E-state index is 4.65. The van der Waals surface area contributed by atoms with Crippen LogP contribution in [0.15, 0.2) is 42.6 Å². The Labute approximate surface area is 126 Å². The lowest BCUT2D eigenvalue weighted by Crippen LogP contribution is -2.15. The summed E-state index contributed by atoms with van der Waals surface area (Å²) in [4.78, 5) is 4.65. The Morgan fingerprint density at radius 2 is 1.90 bits per heavy atom. The monoisotopic (exact) mass is 278 g/mol. The average Bonchev–Trinajstić information content (AvgIpc) is 3.37. The van der Waals surface area contributed by atoms with Gasteiger partial charge in [-0.2, -0.15) is 0 Å². The second kappa shape index (κ2) is 5.61. The zero-order valence-corrected chi connectivity index (χ0v) is 12.4. The fourth-order valence-corrected chi connectivity index (χ4v) is 3.35. The van der Waals surface area contributed by atoms with E-state index in [-0.39, 0.29) is 0 Å². The third kappa shape index (κ3) is 2.86. The Balaban J connectivity index is 1.53. The minimum Gasteiger partial charge on any atom is -0.310 e. The Hall–Kier alpha value is -1.67. The molecule has 0 bridgehead atoms. The minimum atomic E-state index is 0.486. The molecule has 1 aromatic carbocycles. The lowest BCUT2D eigenvalue weighted by molar-refractivity contribution is 0.598. The number of nitrogens with zero attached hydrogens (tertiary/aromatic N) is 1. The molecule has 4 rings (SSSR count). The van der Waals surface area contributed by atoms with E-state index in [0.29, 0.717) is 5.92 Å². The number of aromatic nitrogens is 1. The summed E-state index contributed by atoms with van der Waals surface area (Å²) in [5.41, 5.74) is 5.55. The van der Waals surface area contributed by atoms with Gasteiger partial charge in [-0.3, -0.25) is 4.98 Å². The topological polar surface area (TPSA) is 24.9 Å². The lowest BCUT2D eigenvalue weighted by atomic mass is 9.82. The standard InChI is InChI=1S/C19H22N2/c1-3-16-4-2-12-20-19(16)18(5-1)15-8-6-14(7-9-15)13-21-17-10-11-17/h2,4,6-9,12,17-18,21H,1,3,5,10-11,13H2. The molecule has 1 aromatic heterocycles. The number of hydrogen-bond donors (Lipinski definition) is 1. The summed E-state index contributed by atoms with van der Waals surface area (Å²) in [5.74, 6) is 0.486. The highest BCUT2D eigenvalue weighted by Gasteiger charge is 2.23. The molecule has 1 unspecified atom stereocenters. The number of rotatable bonds is 4. The first-order valence-corrected chi connectivity index (χ1v) is 8.16. The van der Waals surface area contributed by atoms with Gasteiger partial charge in [-0.05, 0) is 54.9 Å². The van der Waals surface area contributed by atoms with E-state index in [4.69, 9.17) is 0 Å². The quantitative estimate of drug-likeness (QED) is 0.920. The molecular weight excluding hydrogens is 256 g/mol. The Morgan fingerprint density at radius 1 is 1.05 bits per heavy atom. The van der Waals surface area contributed by atoms with E-state index < -0.39 is 0 Å². The summed E-state index contributed by atoms with van der Waals surface area (Å²) < 4.78 is 0. The van der Waals surface area contributed by atoms with Gasteiger partial charge in [0, 0.05) is 24.7 Å². The maximum absolute atomic E-state index is 4.65. The van der Waals surface area contributed by atoms with E-state index in [1.807, 2.05) is 6.20 Å². The zero-order valence-electron chi connectivity index (χ0n) is 12.4. The highest BCUT2D eigenvalue weighted by molar-refractivity contribution is 5.36. The summed E-state index contributed by atoms with van der Waals surface area (Å²) in [5, 5.41) is 3.58. The summed E-state index contributed by atoms with van der Waals surface area (Å²) in [7, 11) is 0. The largest absolute Gasteiger partial charge is 0.310 e. The van der Waals surface area contributed by atoms with Crippen LogP contribution in [-0.4, -0.2) is 11.0 Å². The molecule has 1 saturated carbocycles. The van der Waals surface area contributed by atoms with Crippen molar-refractivity contribution in [3.63, 3.8) is 0 Å². The van der Waals surface area contributed by atoms with E-state index >= 15 is 0 Å². The van der Waals surface area contributed by atoms with Crippen molar-refractivity contribution in [3.8, 4) is 0 Å². The highest BCUT2D eigenvalue weighted by atomic mass is 14.9. The molecular formula is C19H22N2. The minimum absolute atomic E-state index is 0.486. The van der Waals surface area contributed by atoms with Crippen LogP contribution in [0.1, 0.15) is 54.0 Å². The van der Waals surface area contributed by atoms with Crippen LogP contribution in [0, 0.1) is 0 Å². The van der Waals surface area contributed by atoms with Gasteiger partial charge in [0.15, 0.2) is 0 Å². The fraction of sp³-hybridized carbons (Fsp3) is 0.421. The van der Waals surface area contributed by atoms with Crippen LogP contribution in [0.3, 0.4) is 0 Å². The van der Waals surface area contributed by atoms with Crippen LogP contribution < -0.4 is 5.32 Å². The van der Waals surface area contributed by atoms with E-state index in [0.717, 1.165) is 12.6 Å². The summed E-state index contributed by atoms with van der Waals surface area (Å²) in [6.07, 6.45) is 8.32. The molecule has 1 N–H and O–H groups in total. The van der Waals surface area contributed by atoms with Crippen molar-refractivity contribution in [1.82, 2.24) is 10.3 Å². The molecule has 108 valence electrons. The smallest absolute Gasteiger partial charge is 0.0510 e. The Bertz CT molecular complexity index is 614. The molecule has 0 amide bonds. The molecule has 1 fully saturated rings. The first-order valence-electron chi connectivity index (χ1n) is 8.16. The molecule has 2 aromatic rings. The van der Waals surface area contributed by atoms with Crippen LogP contribution >= 0.6 is 0 Å². The predicted molar refractivity (Wildman–Crippen MR) is 85.3 cm³/mol. The van der Waals surface area contributed by atoms with Gasteiger partial charge in [0.25, 0.3) is 0 Å². The van der Waals surface area contributed by atoms with Crippen molar-refractivity contribution in [2.75, 3.05) is 0 Å². The van der Waals surface area contributed by atoms with Crippen molar-refractivity contribution < 1.29 is 0 Å². The van der Waals surface area contributed by atoms with Crippen LogP contribution in [0.2, 0.25) is 0 Å². The third-order valence-corrected chi connectivity index (χ3v) is 4.75. The number of fused-ring (bicyclic) bond motifs is 1. The molecule has 0 radical (unpaired) electrons. The van der Waals surface area contributed by atoms with Crippen LogP contribution in [0.25, 0.3) is 0 Å². The van der Waals surface area contributed by atoms with Crippen molar-refractivity contribution >= 4 is 0 Å². The Morgan fingerprint density at radius 3 is 2.71 bits per heavy atom. The molecule has 2 aliphatic carbocycles. The Kier molecular flexibility index (Phi) is 3.48. The van der Waals surface area contributed by atoms with E-state index in [9.17, 15) is 0 Å². The first kappa shape index (κ1) is 13.0. The number of pyridine rings is 1. The summed E-state index contributed by atoms with van der Waals surface area (Å²) >= 11 is 0. The van der Waals surface area contributed by atoms with Crippen LogP contribution in [0.4, 0.5) is 0 Å². The summed E-state index contributed by atoms with van der Waals surface area (Å²) in [6.45, 7) is 1.00. The molecule has 0 spiro atoms. The molecule has 2 nitrogen and oxygen atoms in total. The van der Waals surface area contributed by atoms with Crippen molar-refractivity contribution in [1.29, 1.82) is 0 Å². The number of benzene rings is 1. The van der Waals surface area contributed by atoms with Gasteiger partial charge >= 0.3 is 0 Å². The molecule has 0 saturated heterocycles. The normalized spacial score (nSPS) is 21.0. The molecule has 2 heteroatoms.